The molecule has 1 heterocycles. The second-order valence-electron chi connectivity index (χ2n) is 5.69. The van der Waals surface area contributed by atoms with Crippen LogP contribution in [0.2, 0.25) is 0 Å². The van der Waals surface area contributed by atoms with Gasteiger partial charge in [0.1, 0.15) is 12.4 Å². The molecule has 1 fully saturated rings. The lowest BCUT2D eigenvalue weighted by Gasteiger charge is -2.26. The maximum Gasteiger partial charge on any atom is 0.315 e. The average Bonchev–Trinajstić information content (AvgIpc) is 2.64. The van der Waals surface area contributed by atoms with E-state index in [1.54, 1.807) is 6.08 Å². The van der Waals surface area contributed by atoms with Crippen LogP contribution in [0, 0.1) is 0 Å². The van der Waals surface area contributed by atoms with Crippen molar-refractivity contribution in [1.29, 1.82) is 0 Å². The van der Waals surface area contributed by atoms with E-state index in [4.69, 9.17) is 4.74 Å². The number of amides is 3. The summed E-state index contributed by atoms with van der Waals surface area (Å²) in [7, 11) is 0. The molecular weight excluding hydrogens is 306 g/mol. The Morgan fingerprint density at radius 1 is 1.17 bits per heavy atom. The van der Waals surface area contributed by atoms with E-state index < -0.39 is 0 Å². The summed E-state index contributed by atoms with van der Waals surface area (Å²) < 4.78 is 5.55. The molecule has 1 aliphatic rings. The Hall–Kier alpha value is -2.50. The molecule has 0 spiro atoms. The smallest absolute Gasteiger partial charge is 0.315 e. The van der Waals surface area contributed by atoms with Crippen LogP contribution in [0.3, 0.4) is 0 Å². The van der Waals surface area contributed by atoms with Crippen LogP contribution < -0.4 is 15.4 Å². The van der Waals surface area contributed by atoms with Crippen LogP contribution in [0.5, 0.6) is 5.75 Å². The van der Waals surface area contributed by atoms with E-state index in [1.807, 2.05) is 29.2 Å². The van der Waals surface area contributed by atoms with Gasteiger partial charge < -0.3 is 20.3 Å². The zero-order chi connectivity index (χ0) is 17.2. The maximum atomic E-state index is 12.0. The number of hydrogen-bond donors (Lipinski definition) is 2. The second-order valence-corrected chi connectivity index (χ2v) is 5.69. The normalized spacial score (nSPS) is 13.9. The monoisotopic (exact) mass is 331 g/mol. The fourth-order valence-corrected chi connectivity index (χ4v) is 2.59. The Morgan fingerprint density at radius 3 is 2.67 bits per heavy atom. The van der Waals surface area contributed by atoms with Gasteiger partial charge in [-0.05, 0) is 25.3 Å². The number of hydrogen-bond acceptors (Lipinski definition) is 3. The molecule has 0 aromatic heterocycles. The summed E-state index contributed by atoms with van der Waals surface area (Å²) in [5.41, 5.74) is 0.872. The summed E-state index contributed by atoms with van der Waals surface area (Å²) in [4.78, 5) is 25.7. The molecule has 1 aromatic carbocycles. The molecule has 6 nitrogen and oxygen atoms in total. The summed E-state index contributed by atoms with van der Waals surface area (Å²) in [6.45, 7) is 5.96. The molecule has 2 rings (SSSR count). The molecule has 1 aromatic rings. The number of nitrogens with one attached hydrogen (secondary N) is 2. The van der Waals surface area contributed by atoms with Gasteiger partial charge in [0, 0.05) is 25.2 Å². The van der Waals surface area contributed by atoms with Crippen LogP contribution in [0.4, 0.5) is 4.79 Å². The highest BCUT2D eigenvalue weighted by atomic mass is 16.5. The van der Waals surface area contributed by atoms with Crippen molar-refractivity contribution >= 4 is 11.9 Å². The first-order valence-corrected chi connectivity index (χ1v) is 8.32. The number of likely N-dealkylation sites (tertiary alicyclic amines) is 1. The van der Waals surface area contributed by atoms with Crippen molar-refractivity contribution in [2.75, 3.05) is 26.2 Å². The van der Waals surface area contributed by atoms with E-state index >= 15 is 0 Å². The molecule has 1 saturated heterocycles. The summed E-state index contributed by atoms with van der Waals surface area (Å²) in [6, 6.07) is 7.13. The largest absolute Gasteiger partial charge is 0.489 e. The van der Waals surface area contributed by atoms with Crippen molar-refractivity contribution in [2.24, 2.45) is 0 Å². The third-order valence-electron chi connectivity index (χ3n) is 3.88. The number of carbonyl (C=O) groups is 2. The molecular formula is C18H25N3O3. The molecule has 0 saturated carbocycles. The number of carbonyl (C=O) groups excluding carboxylic acids is 2. The molecule has 1 aliphatic heterocycles. The van der Waals surface area contributed by atoms with Crippen LogP contribution in [-0.4, -0.2) is 43.1 Å². The highest BCUT2D eigenvalue weighted by molar-refractivity contribution is 5.84. The Morgan fingerprint density at radius 2 is 1.92 bits per heavy atom. The SMILES string of the molecule is C=CCOc1ccccc1CNC(=O)NCC(=O)N1CCCCC1. The lowest BCUT2D eigenvalue weighted by atomic mass is 10.1. The predicted molar refractivity (Wildman–Crippen MR) is 92.8 cm³/mol. The number of urea groups is 1. The first-order valence-electron chi connectivity index (χ1n) is 8.32. The first kappa shape index (κ1) is 17.8. The number of ether oxygens (including phenoxy) is 1. The summed E-state index contributed by atoms with van der Waals surface area (Å²) in [5.74, 6) is 0.682. The van der Waals surface area contributed by atoms with Gasteiger partial charge in [0.25, 0.3) is 0 Å². The molecule has 0 bridgehead atoms. The third-order valence-corrected chi connectivity index (χ3v) is 3.88. The topological polar surface area (TPSA) is 70.7 Å². The maximum absolute atomic E-state index is 12.0. The van der Waals surface area contributed by atoms with Gasteiger partial charge in [0.15, 0.2) is 0 Å². The molecule has 0 unspecified atom stereocenters. The highest BCUT2D eigenvalue weighted by Gasteiger charge is 2.16. The predicted octanol–water partition coefficient (Wildman–Crippen LogP) is 2.06. The van der Waals surface area contributed by atoms with E-state index in [0.29, 0.717) is 18.9 Å². The quantitative estimate of drug-likeness (QED) is 0.751. The van der Waals surface area contributed by atoms with Gasteiger partial charge in [-0.15, -0.1) is 0 Å². The Kier molecular flexibility index (Phi) is 7.14. The Bertz CT molecular complexity index is 568. The van der Waals surface area contributed by atoms with Crippen molar-refractivity contribution in [3.8, 4) is 5.75 Å². The number of piperidine rings is 1. The summed E-state index contributed by atoms with van der Waals surface area (Å²) in [6.07, 6.45) is 4.92. The molecule has 130 valence electrons. The minimum Gasteiger partial charge on any atom is -0.489 e. The van der Waals surface area contributed by atoms with Gasteiger partial charge in [-0.1, -0.05) is 30.9 Å². The number of rotatable bonds is 7. The minimum absolute atomic E-state index is 0.0282. The van der Waals surface area contributed by atoms with E-state index in [1.165, 1.54) is 6.42 Å². The van der Waals surface area contributed by atoms with Crippen LogP contribution in [0.25, 0.3) is 0 Å². The Labute approximate surface area is 142 Å². The standard InChI is InChI=1S/C18H25N3O3/c1-2-12-24-16-9-5-4-8-15(16)13-19-18(23)20-14-17(22)21-10-6-3-7-11-21/h2,4-5,8-9H,1,3,6-7,10-14H2,(H2,19,20,23). The lowest BCUT2D eigenvalue weighted by Crippen LogP contribution is -2.45. The molecule has 3 amide bonds. The number of benzene rings is 1. The van der Waals surface area contributed by atoms with Gasteiger partial charge >= 0.3 is 6.03 Å². The first-order chi connectivity index (χ1) is 11.7. The number of nitrogens with zero attached hydrogens (tertiary/aromatic N) is 1. The molecule has 6 heteroatoms. The van der Waals surface area contributed by atoms with E-state index in [0.717, 1.165) is 31.5 Å². The fourth-order valence-electron chi connectivity index (χ4n) is 2.59. The zero-order valence-corrected chi connectivity index (χ0v) is 13.9. The van der Waals surface area contributed by atoms with Gasteiger partial charge in [-0.25, -0.2) is 4.79 Å². The lowest BCUT2D eigenvalue weighted by molar-refractivity contribution is -0.130. The van der Waals surface area contributed by atoms with Crippen LogP contribution >= 0.6 is 0 Å². The van der Waals surface area contributed by atoms with Crippen LogP contribution in [0.1, 0.15) is 24.8 Å². The zero-order valence-electron chi connectivity index (χ0n) is 13.9. The average molecular weight is 331 g/mol. The van der Waals surface area contributed by atoms with Gasteiger partial charge in [-0.3, -0.25) is 4.79 Å². The van der Waals surface area contributed by atoms with Crippen molar-refractivity contribution < 1.29 is 14.3 Å². The highest BCUT2D eigenvalue weighted by Crippen LogP contribution is 2.17. The third kappa shape index (κ3) is 5.61. The van der Waals surface area contributed by atoms with Gasteiger partial charge in [0.05, 0.1) is 6.54 Å². The second kappa shape index (κ2) is 9.60. The summed E-state index contributed by atoms with van der Waals surface area (Å²) >= 11 is 0. The molecule has 2 N–H and O–H groups in total. The van der Waals surface area contributed by atoms with Gasteiger partial charge in [-0.2, -0.15) is 0 Å². The van der Waals surface area contributed by atoms with Crippen molar-refractivity contribution in [1.82, 2.24) is 15.5 Å². The van der Waals surface area contributed by atoms with Crippen LogP contribution in [0.15, 0.2) is 36.9 Å². The van der Waals surface area contributed by atoms with E-state index in [-0.39, 0.29) is 18.5 Å². The summed E-state index contributed by atoms with van der Waals surface area (Å²) in [5, 5.41) is 5.36. The van der Waals surface area contributed by atoms with Gasteiger partial charge in [0.2, 0.25) is 5.91 Å². The fraction of sp³-hybridized carbons (Fsp3) is 0.444. The molecule has 24 heavy (non-hydrogen) atoms. The minimum atomic E-state index is -0.362. The van der Waals surface area contributed by atoms with Crippen molar-refractivity contribution in [3.63, 3.8) is 0 Å². The van der Waals surface area contributed by atoms with Crippen LogP contribution in [-0.2, 0) is 11.3 Å². The van der Waals surface area contributed by atoms with Crippen molar-refractivity contribution in [3.05, 3.63) is 42.5 Å². The van der Waals surface area contributed by atoms with Crippen molar-refractivity contribution in [2.45, 2.75) is 25.8 Å². The van der Waals surface area contributed by atoms with E-state index in [9.17, 15) is 9.59 Å². The molecule has 0 atom stereocenters. The Balaban J connectivity index is 1.74. The molecule has 0 radical (unpaired) electrons. The molecule has 0 aliphatic carbocycles. The van der Waals surface area contributed by atoms with E-state index in [2.05, 4.69) is 17.2 Å². The number of para-hydroxylation sites is 1.